The van der Waals surface area contributed by atoms with Gasteiger partial charge in [-0.3, -0.25) is 4.79 Å². The summed E-state index contributed by atoms with van der Waals surface area (Å²) < 4.78 is 15.7. The van der Waals surface area contributed by atoms with Gasteiger partial charge in [-0.15, -0.1) is 0 Å². The predicted octanol–water partition coefficient (Wildman–Crippen LogP) is 2.60. The minimum atomic E-state index is -0.00133. The number of benzene rings is 1. The van der Waals surface area contributed by atoms with E-state index in [1.54, 1.807) is 0 Å². The first-order chi connectivity index (χ1) is 14.2. The lowest BCUT2D eigenvalue weighted by atomic mass is 9.84. The first-order valence-electron chi connectivity index (χ1n) is 10.4. The number of nitrogens with zero attached hydrogens (tertiary/aromatic N) is 3. The molecule has 8 heteroatoms. The fourth-order valence-electron chi connectivity index (χ4n) is 4.41. The Balaban J connectivity index is 1.18. The van der Waals surface area contributed by atoms with E-state index in [0.717, 1.165) is 37.8 Å². The quantitative estimate of drug-likeness (QED) is 0.811. The lowest BCUT2D eigenvalue weighted by Gasteiger charge is -2.44. The molecule has 154 valence electrons. The van der Waals surface area contributed by atoms with Crippen LogP contribution in [0.2, 0.25) is 0 Å². The molecule has 1 amide bonds. The van der Waals surface area contributed by atoms with Gasteiger partial charge in [0.15, 0.2) is 0 Å². The van der Waals surface area contributed by atoms with Crippen LogP contribution in [0.4, 0.5) is 5.00 Å². The molecule has 29 heavy (non-hydrogen) atoms. The number of carbonyl (C=O) groups is 1. The van der Waals surface area contributed by atoms with Crippen LogP contribution in [0.25, 0.3) is 0 Å². The van der Waals surface area contributed by atoms with E-state index in [2.05, 4.69) is 19.5 Å². The van der Waals surface area contributed by atoms with Gasteiger partial charge < -0.3 is 24.6 Å². The normalized spacial score (nSPS) is 26.3. The van der Waals surface area contributed by atoms with Crippen molar-refractivity contribution in [3.05, 3.63) is 35.9 Å². The summed E-state index contributed by atoms with van der Waals surface area (Å²) in [7, 11) is 0. The summed E-state index contributed by atoms with van der Waals surface area (Å²) in [5.41, 5.74) is 0.668. The Kier molecular flexibility index (Phi) is 5.39. The van der Waals surface area contributed by atoms with Gasteiger partial charge in [-0.25, -0.2) is 0 Å². The first kappa shape index (κ1) is 18.8. The van der Waals surface area contributed by atoms with Crippen LogP contribution >= 0.6 is 11.5 Å². The monoisotopic (exact) mass is 414 g/mol. The number of carbonyl (C=O) groups excluding carboxylic acids is 1. The van der Waals surface area contributed by atoms with E-state index < -0.39 is 0 Å². The maximum Gasteiger partial charge on any atom is 0.251 e. The molecule has 4 saturated heterocycles. The second kappa shape index (κ2) is 8.30. The summed E-state index contributed by atoms with van der Waals surface area (Å²) in [6, 6.07) is 9.54. The van der Waals surface area contributed by atoms with Gasteiger partial charge in [0.1, 0.15) is 10.8 Å². The van der Waals surface area contributed by atoms with Crippen LogP contribution in [0.3, 0.4) is 0 Å². The number of morpholine rings is 1. The van der Waals surface area contributed by atoms with E-state index in [1.807, 2.05) is 30.3 Å². The molecule has 0 aliphatic carbocycles. The van der Waals surface area contributed by atoms with E-state index in [-0.39, 0.29) is 11.9 Å². The van der Waals surface area contributed by atoms with Crippen LogP contribution in [0.1, 0.15) is 23.2 Å². The van der Waals surface area contributed by atoms with Crippen LogP contribution in [0.5, 0.6) is 11.6 Å². The van der Waals surface area contributed by atoms with Crippen molar-refractivity contribution in [3.8, 4) is 11.6 Å². The van der Waals surface area contributed by atoms with Crippen molar-refractivity contribution >= 4 is 22.4 Å². The van der Waals surface area contributed by atoms with Gasteiger partial charge in [-0.05, 0) is 67.6 Å². The lowest BCUT2D eigenvalue weighted by Crippen LogP contribution is -2.57. The van der Waals surface area contributed by atoms with Gasteiger partial charge in [0.05, 0.1) is 13.2 Å². The largest absolute Gasteiger partial charge is 0.438 e. The summed E-state index contributed by atoms with van der Waals surface area (Å²) in [6.45, 7) is 6.58. The highest BCUT2D eigenvalue weighted by Crippen LogP contribution is 2.30. The first-order valence-corrected chi connectivity index (χ1v) is 11.1. The summed E-state index contributed by atoms with van der Waals surface area (Å²) in [6.07, 6.45) is 2.38. The number of amides is 1. The molecule has 1 unspecified atom stereocenters. The van der Waals surface area contributed by atoms with Gasteiger partial charge in [0.2, 0.25) is 5.88 Å². The molecule has 7 nitrogen and oxygen atoms in total. The summed E-state index contributed by atoms with van der Waals surface area (Å²) in [4.78, 5) is 17.3. The minimum Gasteiger partial charge on any atom is -0.438 e. The summed E-state index contributed by atoms with van der Waals surface area (Å²) in [5, 5.41) is 4.32. The number of aromatic nitrogens is 1. The van der Waals surface area contributed by atoms with Crippen LogP contribution < -0.4 is 15.0 Å². The average molecular weight is 415 g/mol. The fourth-order valence-corrected chi connectivity index (χ4v) is 5.13. The Bertz CT molecular complexity index is 842. The van der Waals surface area contributed by atoms with Gasteiger partial charge in [0.25, 0.3) is 5.91 Å². The van der Waals surface area contributed by atoms with E-state index in [0.29, 0.717) is 23.1 Å². The number of piperidine rings is 3. The van der Waals surface area contributed by atoms with Crippen molar-refractivity contribution < 1.29 is 14.3 Å². The summed E-state index contributed by atoms with van der Waals surface area (Å²) >= 11 is 1.44. The zero-order chi connectivity index (χ0) is 19.6. The maximum atomic E-state index is 12.6. The zero-order valence-electron chi connectivity index (χ0n) is 16.4. The molecule has 2 bridgehead atoms. The van der Waals surface area contributed by atoms with Crippen molar-refractivity contribution in [3.63, 3.8) is 0 Å². The number of rotatable bonds is 5. The van der Waals surface area contributed by atoms with Crippen LogP contribution in [-0.4, -0.2) is 67.2 Å². The molecule has 0 spiro atoms. The molecule has 0 saturated carbocycles. The van der Waals surface area contributed by atoms with Gasteiger partial charge in [-0.1, -0.05) is 0 Å². The van der Waals surface area contributed by atoms with Crippen molar-refractivity contribution in [1.82, 2.24) is 14.6 Å². The third-order valence-corrected chi connectivity index (χ3v) is 6.94. The maximum absolute atomic E-state index is 12.6. The topological polar surface area (TPSA) is 66.9 Å². The number of hydrogen-bond donors (Lipinski definition) is 1. The molecule has 6 rings (SSSR count). The molecule has 4 fully saturated rings. The third kappa shape index (κ3) is 4.24. The smallest absolute Gasteiger partial charge is 0.251 e. The highest BCUT2D eigenvalue weighted by Gasteiger charge is 2.34. The van der Waals surface area contributed by atoms with E-state index in [9.17, 15) is 4.79 Å². The number of fused-ring (bicyclic) bond motifs is 3. The second-order valence-corrected chi connectivity index (χ2v) is 8.73. The van der Waals surface area contributed by atoms with E-state index in [1.165, 1.54) is 37.5 Å². The molecule has 4 aliphatic rings. The van der Waals surface area contributed by atoms with Gasteiger partial charge in [0, 0.05) is 37.3 Å². The Morgan fingerprint density at radius 1 is 1.14 bits per heavy atom. The predicted molar refractivity (Wildman–Crippen MR) is 112 cm³/mol. The fraction of sp³-hybridized carbons (Fsp3) is 0.524. The van der Waals surface area contributed by atoms with Gasteiger partial charge in [-0.2, -0.15) is 4.37 Å². The van der Waals surface area contributed by atoms with Gasteiger partial charge >= 0.3 is 0 Å². The van der Waals surface area contributed by atoms with Crippen LogP contribution in [0, 0.1) is 5.92 Å². The Morgan fingerprint density at radius 3 is 2.59 bits per heavy atom. The molecule has 1 aromatic carbocycles. The minimum absolute atomic E-state index is 0.00133. The number of nitrogens with one attached hydrogen (secondary N) is 1. The SMILES string of the molecule is O=C(NC1CN2CCC1CC2)c1ccc(Oc2cc(N3CCOCC3)sn2)cc1. The Labute approximate surface area is 174 Å². The molecular formula is C21H26N4O3S. The highest BCUT2D eigenvalue weighted by molar-refractivity contribution is 7.10. The van der Waals surface area contributed by atoms with Crippen molar-refractivity contribution in [1.29, 1.82) is 0 Å². The van der Waals surface area contributed by atoms with E-state index >= 15 is 0 Å². The summed E-state index contributed by atoms with van der Waals surface area (Å²) in [5.74, 6) is 1.89. The molecule has 0 radical (unpaired) electrons. The molecule has 1 atom stereocenters. The number of hydrogen-bond acceptors (Lipinski definition) is 7. The Hall–Kier alpha value is -2.16. The standard InChI is InChI=1S/C21H26N4O3S/c26-21(22-18-14-24-7-5-15(18)6-8-24)16-1-3-17(4-2-16)28-19-13-20(29-23-19)25-9-11-27-12-10-25/h1-4,13,15,18H,5-12,14H2,(H,22,26). The molecule has 4 aliphatic heterocycles. The average Bonchev–Trinajstić information content (AvgIpc) is 3.24. The third-order valence-electron chi connectivity index (χ3n) is 6.11. The van der Waals surface area contributed by atoms with Crippen LogP contribution in [-0.2, 0) is 4.74 Å². The van der Waals surface area contributed by atoms with Crippen molar-refractivity contribution in [2.45, 2.75) is 18.9 Å². The number of ether oxygens (including phenoxy) is 2. The highest BCUT2D eigenvalue weighted by atomic mass is 32.1. The zero-order valence-corrected chi connectivity index (χ0v) is 17.2. The molecular weight excluding hydrogens is 388 g/mol. The Morgan fingerprint density at radius 2 is 1.90 bits per heavy atom. The number of anilines is 1. The van der Waals surface area contributed by atoms with Crippen LogP contribution in [0.15, 0.2) is 30.3 Å². The van der Waals surface area contributed by atoms with Crippen molar-refractivity contribution in [2.75, 3.05) is 50.8 Å². The second-order valence-electron chi connectivity index (χ2n) is 7.95. The lowest BCUT2D eigenvalue weighted by molar-refractivity contribution is 0.0620. The molecule has 5 heterocycles. The molecule has 1 aromatic heterocycles. The molecule has 1 N–H and O–H groups in total. The molecule has 2 aromatic rings. The van der Waals surface area contributed by atoms with Crippen molar-refractivity contribution in [2.24, 2.45) is 5.92 Å². The van der Waals surface area contributed by atoms with E-state index in [4.69, 9.17) is 9.47 Å².